The number of carbonyl (C=O) groups is 1. The van der Waals surface area contributed by atoms with Gasteiger partial charge in [-0.1, -0.05) is 35.9 Å². The van der Waals surface area contributed by atoms with Crippen LogP contribution in [0.2, 0.25) is 5.02 Å². The Kier molecular flexibility index (Phi) is 7.62. The Balaban J connectivity index is 1.65. The summed E-state index contributed by atoms with van der Waals surface area (Å²) in [6.45, 7) is 5.54. The van der Waals surface area contributed by atoms with Crippen molar-refractivity contribution in [2.24, 2.45) is 0 Å². The average molecular weight is 454 g/mol. The molecule has 0 spiro atoms. The van der Waals surface area contributed by atoms with Gasteiger partial charge in [0.15, 0.2) is 0 Å². The maximum atomic E-state index is 12.8. The molecule has 1 fully saturated rings. The first-order chi connectivity index (χ1) is 14.6. The second-order valence-electron chi connectivity index (χ2n) is 8.25. The van der Waals surface area contributed by atoms with E-state index in [1.165, 1.54) is 12.1 Å². The number of amides is 1. The van der Waals surface area contributed by atoms with Gasteiger partial charge in [-0.05, 0) is 55.7 Å². The van der Waals surface area contributed by atoms with Gasteiger partial charge in [0.1, 0.15) is 0 Å². The molecule has 168 valence electrons. The van der Waals surface area contributed by atoms with E-state index in [1.807, 2.05) is 38.1 Å². The molecule has 0 radical (unpaired) electrons. The van der Waals surface area contributed by atoms with Crippen LogP contribution < -0.4 is 10.6 Å². The van der Waals surface area contributed by atoms with Crippen molar-refractivity contribution in [3.8, 4) is 0 Å². The number of likely N-dealkylation sites (tertiary alicyclic amines) is 1. The van der Waals surface area contributed by atoms with E-state index in [0.29, 0.717) is 31.1 Å². The van der Waals surface area contributed by atoms with E-state index in [0.717, 1.165) is 23.3 Å². The van der Waals surface area contributed by atoms with Crippen molar-refractivity contribution in [1.82, 2.24) is 15.5 Å². The topological polar surface area (TPSA) is 44.4 Å². The summed E-state index contributed by atoms with van der Waals surface area (Å²) >= 11 is 6.10. The normalized spacial score (nSPS) is 19.7. The summed E-state index contributed by atoms with van der Waals surface area (Å²) in [5, 5.41) is 7.03. The van der Waals surface area contributed by atoms with Gasteiger partial charge >= 0.3 is 6.18 Å². The van der Waals surface area contributed by atoms with E-state index in [2.05, 4.69) is 15.5 Å². The molecule has 2 aromatic carbocycles. The van der Waals surface area contributed by atoms with Crippen LogP contribution in [0.5, 0.6) is 0 Å². The van der Waals surface area contributed by atoms with Crippen LogP contribution in [0, 0.1) is 0 Å². The lowest BCUT2D eigenvalue weighted by molar-refractivity contribution is -0.137. The van der Waals surface area contributed by atoms with Gasteiger partial charge in [0.25, 0.3) is 0 Å². The number of hydrogen-bond donors (Lipinski definition) is 2. The number of carbonyl (C=O) groups excluding carboxylic acids is 1. The average Bonchev–Trinajstić information content (AvgIpc) is 3.08. The van der Waals surface area contributed by atoms with Crippen molar-refractivity contribution in [2.45, 2.75) is 57.7 Å². The third-order valence-electron chi connectivity index (χ3n) is 5.29. The molecule has 0 aromatic heterocycles. The molecule has 0 unspecified atom stereocenters. The zero-order valence-corrected chi connectivity index (χ0v) is 18.3. The van der Waals surface area contributed by atoms with Gasteiger partial charge in [0.2, 0.25) is 5.91 Å². The van der Waals surface area contributed by atoms with Gasteiger partial charge in [-0.15, -0.1) is 0 Å². The second-order valence-corrected chi connectivity index (χ2v) is 8.68. The molecule has 1 aliphatic rings. The van der Waals surface area contributed by atoms with Crippen LogP contribution in [0.1, 0.15) is 37.0 Å². The Morgan fingerprint density at radius 1 is 1.16 bits per heavy atom. The van der Waals surface area contributed by atoms with Gasteiger partial charge in [-0.2, -0.15) is 13.2 Å². The Bertz CT molecular complexity index is 886. The molecule has 1 saturated heterocycles. The lowest BCUT2D eigenvalue weighted by Crippen LogP contribution is -2.45. The van der Waals surface area contributed by atoms with Crippen molar-refractivity contribution >= 4 is 17.5 Å². The maximum Gasteiger partial charge on any atom is 0.416 e. The Morgan fingerprint density at radius 3 is 2.48 bits per heavy atom. The van der Waals surface area contributed by atoms with Gasteiger partial charge in [-0.25, -0.2) is 0 Å². The summed E-state index contributed by atoms with van der Waals surface area (Å²) in [6.07, 6.45) is -3.71. The van der Waals surface area contributed by atoms with Crippen molar-refractivity contribution in [2.75, 3.05) is 6.54 Å². The minimum absolute atomic E-state index is 0.0177. The lowest BCUT2D eigenvalue weighted by atomic mass is 10.1. The second kappa shape index (κ2) is 10.0. The smallest absolute Gasteiger partial charge is 0.353 e. The number of nitrogens with one attached hydrogen (secondary N) is 2. The van der Waals surface area contributed by atoms with Crippen LogP contribution in [-0.2, 0) is 24.1 Å². The molecule has 8 heteroatoms. The number of rotatable bonds is 7. The molecule has 31 heavy (non-hydrogen) atoms. The highest BCUT2D eigenvalue weighted by Gasteiger charge is 2.36. The van der Waals surface area contributed by atoms with Crippen molar-refractivity contribution in [3.63, 3.8) is 0 Å². The third kappa shape index (κ3) is 6.69. The molecular formula is C23H27ClF3N3O. The molecule has 2 atom stereocenters. The fraction of sp³-hybridized carbons (Fsp3) is 0.435. The van der Waals surface area contributed by atoms with E-state index in [1.54, 1.807) is 0 Å². The standard InChI is InChI=1S/C23H27ClF3N3O/c1-15(2)29-22(31)21-11-20(14-30(21)13-17-4-3-5-19(24)10-17)28-12-16-6-8-18(9-7-16)23(25,26)27/h3-10,15,20-21,28H,11-14H2,1-2H3,(H,29,31)/t20-,21+/m1/s1. The van der Waals surface area contributed by atoms with E-state index in [9.17, 15) is 18.0 Å². The first kappa shape index (κ1) is 23.6. The molecule has 3 rings (SSSR count). The molecule has 0 bridgehead atoms. The molecule has 0 saturated carbocycles. The van der Waals surface area contributed by atoms with Crippen LogP contribution in [0.15, 0.2) is 48.5 Å². The van der Waals surface area contributed by atoms with Crippen LogP contribution in [0.3, 0.4) is 0 Å². The fourth-order valence-corrected chi connectivity index (χ4v) is 4.04. The van der Waals surface area contributed by atoms with Crippen LogP contribution in [0.4, 0.5) is 13.2 Å². The Hall–Kier alpha value is -2.09. The van der Waals surface area contributed by atoms with E-state index in [-0.39, 0.29) is 24.0 Å². The third-order valence-corrected chi connectivity index (χ3v) is 5.52. The molecular weight excluding hydrogens is 427 g/mol. The quantitative estimate of drug-likeness (QED) is 0.643. The lowest BCUT2D eigenvalue weighted by Gasteiger charge is -2.24. The highest BCUT2D eigenvalue weighted by atomic mass is 35.5. The summed E-state index contributed by atoms with van der Waals surface area (Å²) in [4.78, 5) is 14.9. The van der Waals surface area contributed by atoms with E-state index >= 15 is 0 Å². The summed E-state index contributed by atoms with van der Waals surface area (Å²) in [5.41, 5.74) is 1.14. The Morgan fingerprint density at radius 2 is 1.87 bits per heavy atom. The monoisotopic (exact) mass is 453 g/mol. The molecule has 2 N–H and O–H groups in total. The van der Waals surface area contributed by atoms with Crippen molar-refractivity contribution < 1.29 is 18.0 Å². The number of hydrogen-bond acceptors (Lipinski definition) is 3. The minimum atomic E-state index is -4.34. The van der Waals surface area contributed by atoms with E-state index < -0.39 is 11.7 Å². The highest BCUT2D eigenvalue weighted by molar-refractivity contribution is 6.30. The maximum absolute atomic E-state index is 12.8. The zero-order valence-electron chi connectivity index (χ0n) is 17.5. The van der Waals surface area contributed by atoms with Crippen LogP contribution in [-0.4, -0.2) is 35.5 Å². The molecule has 1 heterocycles. The minimum Gasteiger partial charge on any atom is -0.353 e. The predicted octanol–water partition coefficient (Wildman–Crippen LogP) is 4.62. The fourth-order valence-electron chi connectivity index (χ4n) is 3.82. The van der Waals surface area contributed by atoms with Gasteiger partial charge in [-0.3, -0.25) is 9.69 Å². The van der Waals surface area contributed by atoms with Gasteiger partial charge < -0.3 is 10.6 Å². The van der Waals surface area contributed by atoms with Crippen LogP contribution in [0.25, 0.3) is 0 Å². The summed E-state index contributed by atoms with van der Waals surface area (Å²) in [6, 6.07) is 12.5. The predicted molar refractivity (Wildman–Crippen MR) is 116 cm³/mol. The number of halogens is 4. The molecule has 2 aromatic rings. The highest BCUT2D eigenvalue weighted by Crippen LogP contribution is 2.29. The summed E-state index contributed by atoms with van der Waals surface area (Å²) in [7, 11) is 0. The van der Waals surface area contributed by atoms with Crippen molar-refractivity contribution in [1.29, 1.82) is 0 Å². The molecule has 4 nitrogen and oxygen atoms in total. The zero-order chi connectivity index (χ0) is 22.6. The molecule has 1 amide bonds. The van der Waals surface area contributed by atoms with Gasteiger partial charge in [0.05, 0.1) is 11.6 Å². The first-order valence-electron chi connectivity index (χ1n) is 10.3. The molecule has 1 aliphatic heterocycles. The Labute approximate surface area is 185 Å². The van der Waals surface area contributed by atoms with E-state index in [4.69, 9.17) is 11.6 Å². The number of benzene rings is 2. The number of alkyl halides is 3. The SMILES string of the molecule is CC(C)NC(=O)[C@@H]1C[C@@H](NCc2ccc(C(F)(F)F)cc2)CN1Cc1cccc(Cl)c1. The largest absolute Gasteiger partial charge is 0.416 e. The molecule has 0 aliphatic carbocycles. The summed E-state index contributed by atoms with van der Waals surface area (Å²) in [5.74, 6) is -0.0177. The van der Waals surface area contributed by atoms with Gasteiger partial charge in [0, 0.05) is 36.7 Å². The van der Waals surface area contributed by atoms with Crippen molar-refractivity contribution in [3.05, 3.63) is 70.2 Å². The summed E-state index contributed by atoms with van der Waals surface area (Å²) < 4.78 is 38.2. The first-order valence-corrected chi connectivity index (χ1v) is 10.7. The van der Waals surface area contributed by atoms with Crippen LogP contribution >= 0.6 is 11.6 Å². The number of nitrogens with zero attached hydrogens (tertiary/aromatic N) is 1.